The first-order valence-electron chi connectivity index (χ1n) is 4.54. The third kappa shape index (κ3) is 1.90. The number of amides is 2. The minimum Gasteiger partial charge on any atom is -0.329 e. The Labute approximate surface area is 91.8 Å². The largest absolute Gasteiger partial charge is 0.329 e. The van der Waals surface area contributed by atoms with Crippen molar-refractivity contribution in [1.29, 1.82) is 0 Å². The molecule has 1 aromatic carbocycles. The van der Waals surface area contributed by atoms with Crippen LogP contribution in [-0.2, 0) is 0 Å². The summed E-state index contributed by atoms with van der Waals surface area (Å²) in [5, 5.41) is 3.14. The number of nitrogens with one attached hydrogen (secondary N) is 1. The second-order valence-corrected chi connectivity index (χ2v) is 3.98. The van der Waals surface area contributed by atoms with Crippen LogP contribution >= 0.6 is 11.6 Å². The van der Waals surface area contributed by atoms with Crippen molar-refractivity contribution < 1.29 is 9.18 Å². The summed E-state index contributed by atoms with van der Waals surface area (Å²) in [6, 6.07) is 3.82. The molecule has 1 unspecified atom stereocenters. The fraction of sp³-hybridized carbons (Fsp3) is 0.300. The lowest BCUT2D eigenvalue weighted by Crippen LogP contribution is -2.24. The zero-order valence-electron chi connectivity index (χ0n) is 8.13. The molecule has 0 bridgehead atoms. The maximum Gasteiger partial charge on any atom is 0.317 e. The molecule has 0 aliphatic carbocycles. The summed E-state index contributed by atoms with van der Waals surface area (Å²) in [6.07, 6.45) is 0. The number of hydrogen-bond acceptors (Lipinski definition) is 1. The van der Waals surface area contributed by atoms with E-state index in [0.29, 0.717) is 17.1 Å². The topological polar surface area (TPSA) is 32.3 Å². The molecule has 2 rings (SSSR count). The van der Waals surface area contributed by atoms with Crippen LogP contribution in [0.5, 0.6) is 0 Å². The second-order valence-electron chi connectivity index (χ2n) is 3.55. The molecule has 1 heterocycles. The van der Waals surface area contributed by atoms with Gasteiger partial charge in [-0.2, -0.15) is 0 Å². The van der Waals surface area contributed by atoms with Gasteiger partial charge in [0.15, 0.2) is 0 Å². The predicted molar refractivity (Wildman–Crippen MR) is 55.3 cm³/mol. The molecule has 0 spiro atoms. The minimum atomic E-state index is -0.347. The van der Waals surface area contributed by atoms with E-state index < -0.39 is 0 Å². The molecule has 15 heavy (non-hydrogen) atoms. The number of benzene rings is 1. The number of carbonyl (C=O) groups excluding carboxylic acids is 1. The highest BCUT2D eigenvalue weighted by atomic mass is 35.5. The Morgan fingerprint density at radius 2 is 2.33 bits per heavy atom. The number of rotatable bonds is 1. The summed E-state index contributed by atoms with van der Waals surface area (Å²) in [4.78, 5) is 12.7. The lowest BCUT2D eigenvalue weighted by molar-refractivity contribution is 0.226. The molecule has 80 valence electrons. The van der Waals surface area contributed by atoms with Gasteiger partial charge in [0.1, 0.15) is 5.82 Å². The minimum absolute atomic E-state index is 0.195. The van der Waals surface area contributed by atoms with Crippen LogP contribution in [0.2, 0.25) is 5.02 Å². The molecule has 2 amide bonds. The molecule has 0 aromatic heterocycles. The van der Waals surface area contributed by atoms with Crippen LogP contribution < -0.4 is 5.32 Å². The number of halogens is 2. The van der Waals surface area contributed by atoms with Crippen LogP contribution in [0.25, 0.3) is 0 Å². The van der Waals surface area contributed by atoms with E-state index in [2.05, 4.69) is 5.32 Å². The van der Waals surface area contributed by atoms with Gasteiger partial charge < -0.3 is 10.2 Å². The molecule has 1 saturated heterocycles. The Morgan fingerprint density at radius 1 is 1.60 bits per heavy atom. The van der Waals surface area contributed by atoms with Crippen molar-refractivity contribution in [2.75, 3.05) is 13.6 Å². The van der Waals surface area contributed by atoms with Crippen LogP contribution in [-0.4, -0.2) is 24.5 Å². The summed E-state index contributed by atoms with van der Waals surface area (Å²) >= 11 is 5.78. The van der Waals surface area contributed by atoms with Gasteiger partial charge in [-0.05, 0) is 18.2 Å². The van der Waals surface area contributed by atoms with Gasteiger partial charge in [-0.3, -0.25) is 0 Å². The Bertz CT molecular complexity index is 410. The maximum absolute atomic E-state index is 13.4. The first-order valence-corrected chi connectivity index (χ1v) is 4.92. The van der Waals surface area contributed by atoms with E-state index in [-0.39, 0.29) is 17.9 Å². The van der Waals surface area contributed by atoms with E-state index in [1.807, 2.05) is 0 Å². The van der Waals surface area contributed by atoms with Crippen molar-refractivity contribution in [2.24, 2.45) is 0 Å². The second kappa shape index (κ2) is 3.70. The average molecular weight is 229 g/mol. The smallest absolute Gasteiger partial charge is 0.317 e. The van der Waals surface area contributed by atoms with Crippen molar-refractivity contribution in [1.82, 2.24) is 10.2 Å². The molecule has 1 aromatic rings. The van der Waals surface area contributed by atoms with Crippen LogP contribution in [0, 0.1) is 5.82 Å². The van der Waals surface area contributed by atoms with Crippen LogP contribution in [0.15, 0.2) is 18.2 Å². The van der Waals surface area contributed by atoms with Gasteiger partial charge >= 0.3 is 6.03 Å². The van der Waals surface area contributed by atoms with Gasteiger partial charge in [-0.15, -0.1) is 0 Å². The molecule has 1 aliphatic heterocycles. The molecular weight excluding hydrogens is 219 g/mol. The van der Waals surface area contributed by atoms with E-state index in [1.54, 1.807) is 13.1 Å². The number of hydrogen-bond donors (Lipinski definition) is 1. The summed E-state index contributed by atoms with van der Waals surface area (Å²) in [6.45, 7) is 0.454. The van der Waals surface area contributed by atoms with Crippen LogP contribution in [0.1, 0.15) is 11.6 Å². The van der Waals surface area contributed by atoms with Gasteiger partial charge in [0.2, 0.25) is 0 Å². The van der Waals surface area contributed by atoms with Gasteiger partial charge in [0.05, 0.1) is 6.04 Å². The normalized spacial score (nSPS) is 20.6. The van der Waals surface area contributed by atoms with Crippen molar-refractivity contribution >= 4 is 17.6 Å². The Morgan fingerprint density at radius 3 is 2.93 bits per heavy atom. The lowest BCUT2D eigenvalue weighted by Gasteiger charge is -2.10. The number of likely N-dealkylation sites (N-methyl/N-ethyl adjacent to an activating group) is 1. The first-order chi connectivity index (χ1) is 7.08. The Hall–Kier alpha value is -1.29. The van der Waals surface area contributed by atoms with Crippen molar-refractivity contribution in [3.63, 3.8) is 0 Å². The molecule has 1 aliphatic rings. The SMILES string of the molecule is CN1CC(c2cc(Cl)ccc2F)NC1=O. The van der Waals surface area contributed by atoms with E-state index in [0.717, 1.165) is 0 Å². The first kappa shape index (κ1) is 10.2. The Balaban J connectivity index is 2.30. The lowest BCUT2D eigenvalue weighted by atomic mass is 10.1. The van der Waals surface area contributed by atoms with Crippen LogP contribution in [0.4, 0.5) is 9.18 Å². The number of urea groups is 1. The van der Waals surface area contributed by atoms with E-state index >= 15 is 0 Å². The molecule has 0 saturated carbocycles. The quantitative estimate of drug-likeness (QED) is 0.785. The number of carbonyl (C=O) groups is 1. The zero-order valence-corrected chi connectivity index (χ0v) is 8.88. The molecule has 5 heteroatoms. The van der Waals surface area contributed by atoms with Gasteiger partial charge in [0.25, 0.3) is 0 Å². The molecule has 1 atom stereocenters. The Kier molecular flexibility index (Phi) is 2.52. The van der Waals surface area contributed by atoms with Crippen molar-refractivity contribution in [3.8, 4) is 0 Å². The monoisotopic (exact) mass is 228 g/mol. The molecule has 3 nitrogen and oxygen atoms in total. The highest BCUT2D eigenvalue weighted by Crippen LogP contribution is 2.24. The van der Waals surface area contributed by atoms with Gasteiger partial charge in [-0.1, -0.05) is 11.6 Å². The summed E-state index contributed by atoms with van der Waals surface area (Å²) in [5.41, 5.74) is 0.431. The molecular formula is C10H10ClFN2O. The fourth-order valence-corrected chi connectivity index (χ4v) is 1.80. The molecule has 1 fully saturated rings. The van der Waals surface area contributed by atoms with Crippen molar-refractivity contribution in [3.05, 3.63) is 34.6 Å². The number of nitrogens with zero attached hydrogens (tertiary/aromatic N) is 1. The van der Waals surface area contributed by atoms with E-state index in [9.17, 15) is 9.18 Å². The van der Waals surface area contributed by atoms with Gasteiger partial charge in [-0.25, -0.2) is 9.18 Å². The molecule has 1 N–H and O–H groups in total. The summed E-state index contributed by atoms with van der Waals surface area (Å²) in [7, 11) is 1.66. The highest BCUT2D eigenvalue weighted by molar-refractivity contribution is 6.30. The summed E-state index contributed by atoms with van der Waals surface area (Å²) in [5.74, 6) is -0.347. The average Bonchev–Trinajstić information content (AvgIpc) is 2.51. The third-order valence-corrected chi connectivity index (χ3v) is 2.67. The van der Waals surface area contributed by atoms with Gasteiger partial charge in [0, 0.05) is 24.2 Å². The summed E-state index contributed by atoms with van der Waals surface area (Å²) < 4.78 is 13.4. The maximum atomic E-state index is 13.4. The predicted octanol–water partition coefficient (Wildman–Crippen LogP) is 2.18. The van der Waals surface area contributed by atoms with Crippen LogP contribution in [0.3, 0.4) is 0 Å². The molecule has 0 radical (unpaired) electrons. The zero-order chi connectivity index (χ0) is 11.0. The van der Waals surface area contributed by atoms with E-state index in [1.165, 1.54) is 17.0 Å². The van der Waals surface area contributed by atoms with Crippen molar-refractivity contribution in [2.45, 2.75) is 6.04 Å². The highest BCUT2D eigenvalue weighted by Gasteiger charge is 2.28. The third-order valence-electron chi connectivity index (χ3n) is 2.43. The standard InChI is InChI=1S/C10H10ClFN2O/c1-14-5-9(13-10(14)15)7-4-6(11)2-3-8(7)12/h2-4,9H,5H2,1H3,(H,13,15). The fourth-order valence-electron chi connectivity index (χ4n) is 1.62. The van der Waals surface area contributed by atoms with E-state index in [4.69, 9.17) is 11.6 Å².